The Morgan fingerprint density at radius 3 is 2.50 bits per heavy atom. The summed E-state index contributed by atoms with van der Waals surface area (Å²) < 4.78 is 5.00. The number of carbonyl (C=O) groups is 1. The average molecular weight is 259 g/mol. The third kappa shape index (κ3) is 10.5. The predicted octanol–water partition coefficient (Wildman–Crippen LogP) is 2.25. The van der Waals surface area contributed by atoms with Crippen molar-refractivity contribution in [2.24, 2.45) is 0 Å². The van der Waals surface area contributed by atoms with Crippen LogP contribution in [0.15, 0.2) is 0 Å². The van der Waals surface area contributed by atoms with Gasteiger partial charge in [-0.05, 0) is 12.8 Å². The van der Waals surface area contributed by atoms with Gasteiger partial charge in [0.25, 0.3) is 0 Å². The largest absolute Gasteiger partial charge is 0.396 e. The SMILES string of the molecule is CCCCCCCCC(=O)NC(CCO)COC. The van der Waals surface area contributed by atoms with Crippen LogP contribution in [0.3, 0.4) is 0 Å². The Kier molecular flexibility index (Phi) is 12.4. The molecule has 1 unspecified atom stereocenters. The molecule has 0 rings (SSSR count). The van der Waals surface area contributed by atoms with Crippen molar-refractivity contribution < 1.29 is 14.6 Å². The highest BCUT2D eigenvalue weighted by molar-refractivity contribution is 5.76. The number of hydrogen-bond donors (Lipinski definition) is 2. The highest BCUT2D eigenvalue weighted by atomic mass is 16.5. The van der Waals surface area contributed by atoms with Crippen molar-refractivity contribution in [3.63, 3.8) is 0 Å². The number of nitrogens with one attached hydrogen (secondary N) is 1. The van der Waals surface area contributed by atoms with Gasteiger partial charge in [0.1, 0.15) is 0 Å². The van der Waals surface area contributed by atoms with Crippen molar-refractivity contribution >= 4 is 5.91 Å². The molecule has 0 aromatic heterocycles. The molecular weight excluding hydrogens is 230 g/mol. The summed E-state index contributed by atoms with van der Waals surface area (Å²) in [4.78, 5) is 11.6. The molecule has 0 aliphatic heterocycles. The molecule has 1 amide bonds. The molecule has 2 N–H and O–H groups in total. The van der Waals surface area contributed by atoms with Gasteiger partial charge in [0.05, 0.1) is 12.6 Å². The Balaban J connectivity index is 3.55. The molecule has 0 heterocycles. The van der Waals surface area contributed by atoms with Gasteiger partial charge >= 0.3 is 0 Å². The molecule has 0 aliphatic carbocycles. The van der Waals surface area contributed by atoms with E-state index in [1.54, 1.807) is 7.11 Å². The zero-order chi connectivity index (χ0) is 13.6. The zero-order valence-corrected chi connectivity index (χ0v) is 11.9. The molecule has 0 radical (unpaired) electrons. The summed E-state index contributed by atoms with van der Waals surface area (Å²) in [6.07, 6.45) is 8.25. The maximum Gasteiger partial charge on any atom is 0.220 e. The summed E-state index contributed by atoms with van der Waals surface area (Å²) >= 11 is 0. The lowest BCUT2D eigenvalue weighted by Crippen LogP contribution is -2.38. The number of aliphatic hydroxyl groups is 1. The fourth-order valence-electron chi connectivity index (χ4n) is 1.92. The third-order valence-electron chi connectivity index (χ3n) is 2.97. The van der Waals surface area contributed by atoms with Crippen molar-refractivity contribution in [1.29, 1.82) is 0 Å². The van der Waals surface area contributed by atoms with Gasteiger partial charge in [0.15, 0.2) is 0 Å². The van der Waals surface area contributed by atoms with E-state index in [0.29, 0.717) is 19.4 Å². The van der Waals surface area contributed by atoms with Crippen LogP contribution in [0.2, 0.25) is 0 Å². The number of aliphatic hydroxyl groups excluding tert-OH is 1. The monoisotopic (exact) mass is 259 g/mol. The Hall–Kier alpha value is -0.610. The van der Waals surface area contributed by atoms with Gasteiger partial charge in [-0.15, -0.1) is 0 Å². The molecule has 18 heavy (non-hydrogen) atoms. The first-order chi connectivity index (χ1) is 8.74. The summed E-state index contributed by atoms with van der Waals surface area (Å²) in [5.74, 6) is 0.0704. The topological polar surface area (TPSA) is 58.6 Å². The molecule has 1 atom stereocenters. The first kappa shape index (κ1) is 17.4. The van der Waals surface area contributed by atoms with Crippen molar-refractivity contribution in [1.82, 2.24) is 5.32 Å². The number of rotatable bonds is 12. The van der Waals surface area contributed by atoms with Gasteiger partial charge in [-0.1, -0.05) is 39.0 Å². The van der Waals surface area contributed by atoms with Crippen LogP contribution < -0.4 is 5.32 Å². The van der Waals surface area contributed by atoms with E-state index >= 15 is 0 Å². The molecule has 0 saturated carbocycles. The van der Waals surface area contributed by atoms with E-state index in [0.717, 1.165) is 12.8 Å². The number of ether oxygens (including phenoxy) is 1. The molecule has 0 aromatic rings. The molecule has 0 aromatic carbocycles. The summed E-state index contributed by atoms with van der Waals surface area (Å²) in [7, 11) is 1.60. The number of hydrogen-bond acceptors (Lipinski definition) is 3. The minimum absolute atomic E-state index is 0.0624. The Morgan fingerprint density at radius 2 is 1.89 bits per heavy atom. The Bertz CT molecular complexity index is 191. The van der Waals surface area contributed by atoms with Gasteiger partial charge in [-0.2, -0.15) is 0 Å². The summed E-state index contributed by atoms with van der Waals surface area (Å²) in [6, 6.07) is -0.0624. The van der Waals surface area contributed by atoms with Crippen molar-refractivity contribution in [2.45, 2.75) is 64.3 Å². The van der Waals surface area contributed by atoms with Crippen LogP contribution in [-0.2, 0) is 9.53 Å². The molecular formula is C14H29NO3. The van der Waals surface area contributed by atoms with E-state index in [1.807, 2.05) is 0 Å². The maximum absolute atomic E-state index is 11.6. The Morgan fingerprint density at radius 1 is 1.22 bits per heavy atom. The molecule has 0 saturated heterocycles. The molecule has 0 bridgehead atoms. The second-order valence-electron chi connectivity index (χ2n) is 4.75. The van der Waals surface area contributed by atoms with Crippen LogP contribution in [0.25, 0.3) is 0 Å². The first-order valence-corrected chi connectivity index (χ1v) is 7.13. The highest BCUT2D eigenvalue weighted by Gasteiger charge is 2.10. The normalized spacial score (nSPS) is 12.4. The first-order valence-electron chi connectivity index (χ1n) is 7.13. The van der Waals surface area contributed by atoms with Crippen molar-refractivity contribution in [2.75, 3.05) is 20.3 Å². The molecule has 108 valence electrons. The second-order valence-corrected chi connectivity index (χ2v) is 4.75. The van der Waals surface area contributed by atoms with E-state index in [4.69, 9.17) is 9.84 Å². The lowest BCUT2D eigenvalue weighted by molar-refractivity contribution is -0.122. The molecule has 0 spiro atoms. The van der Waals surface area contributed by atoms with E-state index in [9.17, 15) is 4.79 Å². The number of amides is 1. The Labute approximate surface area is 111 Å². The number of unbranched alkanes of at least 4 members (excludes halogenated alkanes) is 5. The van der Waals surface area contributed by atoms with Crippen LogP contribution in [0.4, 0.5) is 0 Å². The van der Waals surface area contributed by atoms with E-state index in [2.05, 4.69) is 12.2 Å². The predicted molar refractivity (Wildman–Crippen MR) is 73.5 cm³/mol. The molecule has 0 aliphatic rings. The zero-order valence-electron chi connectivity index (χ0n) is 11.9. The quantitative estimate of drug-likeness (QED) is 0.528. The van der Waals surface area contributed by atoms with E-state index in [-0.39, 0.29) is 18.6 Å². The van der Waals surface area contributed by atoms with Crippen LogP contribution >= 0.6 is 0 Å². The van der Waals surface area contributed by atoms with Gasteiger partial charge in [0.2, 0.25) is 5.91 Å². The fourth-order valence-corrected chi connectivity index (χ4v) is 1.92. The lowest BCUT2D eigenvalue weighted by Gasteiger charge is -2.16. The van der Waals surface area contributed by atoms with Crippen LogP contribution in [0.1, 0.15) is 58.3 Å². The van der Waals surface area contributed by atoms with Gasteiger partial charge in [-0.3, -0.25) is 4.79 Å². The van der Waals surface area contributed by atoms with E-state index in [1.165, 1.54) is 25.7 Å². The minimum Gasteiger partial charge on any atom is -0.396 e. The smallest absolute Gasteiger partial charge is 0.220 e. The van der Waals surface area contributed by atoms with Gasteiger partial charge in [0, 0.05) is 20.1 Å². The summed E-state index contributed by atoms with van der Waals surface area (Å²) in [5, 5.41) is 11.8. The number of carbonyl (C=O) groups excluding carboxylic acids is 1. The second kappa shape index (κ2) is 12.8. The fraction of sp³-hybridized carbons (Fsp3) is 0.929. The van der Waals surface area contributed by atoms with Crippen molar-refractivity contribution in [3.05, 3.63) is 0 Å². The van der Waals surface area contributed by atoms with E-state index < -0.39 is 0 Å². The van der Waals surface area contributed by atoms with Gasteiger partial charge in [-0.25, -0.2) is 0 Å². The molecule has 0 fully saturated rings. The lowest BCUT2D eigenvalue weighted by atomic mass is 10.1. The third-order valence-corrected chi connectivity index (χ3v) is 2.97. The summed E-state index contributed by atoms with van der Waals surface area (Å²) in [5.41, 5.74) is 0. The highest BCUT2D eigenvalue weighted by Crippen LogP contribution is 2.07. The maximum atomic E-state index is 11.6. The van der Waals surface area contributed by atoms with Gasteiger partial charge < -0.3 is 15.2 Å². The minimum atomic E-state index is -0.0624. The standard InChI is InChI=1S/C14H29NO3/c1-3-4-5-6-7-8-9-14(17)15-13(10-11-16)12-18-2/h13,16H,3-12H2,1-2H3,(H,15,17). The van der Waals surface area contributed by atoms with Crippen molar-refractivity contribution in [3.8, 4) is 0 Å². The van der Waals surface area contributed by atoms with Crippen LogP contribution in [0, 0.1) is 0 Å². The number of methoxy groups -OCH3 is 1. The van der Waals surface area contributed by atoms with Crippen LogP contribution in [-0.4, -0.2) is 37.4 Å². The molecule has 4 nitrogen and oxygen atoms in total. The average Bonchev–Trinajstić information content (AvgIpc) is 2.34. The summed E-state index contributed by atoms with van der Waals surface area (Å²) in [6.45, 7) is 2.73. The molecule has 4 heteroatoms. The van der Waals surface area contributed by atoms with Crippen LogP contribution in [0.5, 0.6) is 0 Å².